The molecule has 0 N–H and O–H groups in total. The number of fused-ring (bicyclic) bond motifs is 3. The Labute approximate surface area is 136 Å². The molecule has 0 aromatic heterocycles. The van der Waals surface area contributed by atoms with Gasteiger partial charge in [-0.3, -0.25) is 0 Å². The van der Waals surface area contributed by atoms with Crippen LogP contribution >= 0.6 is 0 Å². The van der Waals surface area contributed by atoms with E-state index in [0.29, 0.717) is 0 Å². The van der Waals surface area contributed by atoms with Gasteiger partial charge in [0.25, 0.3) is 0 Å². The van der Waals surface area contributed by atoms with E-state index >= 15 is 0 Å². The molecule has 0 spiro atoms. The Morgan fingerprint density at radius 1 is 0.609 bits per heavy atom. The molecule has 0 heteroatoms. The average molecular weight is 294 g/mol. The van der Waals surface area contributed by atoms with E-state index in [9.17, 15) is 0 Å². The van der Waals surface area contributed by atoms with Gasteiger partial charge < -0.3 is 0 Å². The summed E-state index contributed by atoms with van der Waals surface area (Å²) in [7, 11) is 0. The van der Waals surface area contributed by atoms with Crippen molar-refractivity contribution in [1.29, 1.82) is 0 Å². The van der Waals surface area contributed by atoms with Crippen molar-refractivity contribution in [3.8, 4) is 11.1 Å². The van der Waals surface area contributed by atoms with Crippen molar-refractivity contribution in [2.24, 2.45) is 0 Å². The molecular weight excluding hydrogens is 276 g/mol. The molecule has 5 rings (SSSR count). The minimum Gasteiger partial charge on any atom is -0.0757 e. The maximum Gasteiger partial charge on any atom is -0.00204 e. The zero-order valence-corrected chi connectivity index (χ0v) is 13.3. The molecule has 0 amide bonds. The third-order valence-corrected chi connectivity index (χ3v) is 5.21. The minimum atomic E-state index is 1.16. The summed E-state index contributed by atoms with van der Waals surface area (Å²) < 4.78 is 0. The molecule has 2 aliphatic carbocycles. The van der Waals surface area contributed by atoms with Crippen molar-refractivity contribution in [3.05, 3.63) is 83.4 Å². The lowest BCUT2D eigenvalue weighted by Crippen LogP contribution is -1.87. The first-order valence-electron chi connectivity index (χ1n) is 8.38. The molecule has 3 aromatic rings. The van der Waals surface area contributed by atoms with E-state index < -0.39 is 0 Å². The molecule has 0 heterocycles. The molecule has 23 heavy (non-hydrogen) atoms. The molecule has 0 saturated carbocycles. The molecule has 0 fully saturated rings. The molecule has 0 aliphatic heterocycles. The van der Waals surface area contributed by atoms with Crippen molar-refractivity contribution >= 4 is 21.9 Å². The molecule has 2 aliphatic rings. The Morgan fingerprint density at radius 2 is 1.26 bits per heavy atom. The largest absolute Gasteiger partial charge is 0.0757 e. The first-order chi connectivity index (χ1) is 11.3. The third-order valence-electron chi connectivity index (χ3n) is 5.21. The van der Waals surface area contributed by atoms with Crippen LogP contribution in [-0.2, 0) is 0 Å². The number of benzene rings is 3. The van der Waals surface area contributed by atoms with Crippen LogP contribution in [-0.4, -0.2) is 0 Å². The highest BCUT2D eigenvalue weighted by Crippen LogP contribution is 2.49. The van der Waals surface area contributed by atoms with E-state index in [2.05, 4.69) is 73.7 Å². The normalized spacial score (nSPS) is 15.3. The topological polar surface area (TPSA) is 0 Å². The van der Waals surface area contributed by atoms with Crippen LogP contribution in [0.2, 0.25) is 0 Å². The lowest BCUT2D eigenvalue weighted by Gasteiger charge is -2.11. The molecule has 0 unspecified atom stereocenters. The third kappa shape index (κ3) is 1.72. The zero-order valence-electron chi connectivity index (χ0n) is 13.3. The second-order valence-corrected chi connectivity index (χ2v) is 6.52. The number of allylic oxidation sites excluding steroid dienone is 4. The van der Waals surface area contributed by atoms with Gasteiger partial charge >= 0.3 is 0 Å². The quantitative estimate of drug-likeness (QED) is 0.488. The van der Waals surface area contributed by atoms with Crippen LogP contribution in [0.5, 0.6) is 0 Å². The Kier molecular flexibility index (Phi) is 2.63. The fourth-order valence-corrected chi connectivity index (χ4v) is 4.15. The van der Waals surface area contributed by atoms with Gasteiger partial charge in [0, 0.05) is 0 Å². The van der Waals surface area contributed by atoms with Crippen LogP contribution in [0.3, 0.4) is 0 Å². The van der Waals surface area contributed by atoms with Gasteiger partial charge in [-0.1, -0.05) is 66.7 Å². The zero-order chi connectivity index (χ0) is 15.4. The second kappa shape index (κ2) is 4.70. The SMILES string of the molecule is Cc1ccccc1-c1ccc2c3c(cccc13)C1=CCCC=C12. The van der Waals surface area contributed by atoms with Gasteiger partial charge in [0.1, 0.15) is 0 Å². The van der Waals surface area contributed by atoms with Crippen LogP contribution in [0.4, 0.5) is 0 Å². The van der Waals surface area contributed by atoms with E-state index in [-0.39, 0.29) is 0 Å². The van der Waals surface area contributed by atoms with Gasteiger partial charge in [-0.15, -0.1) is 0 Å². The second-order valence-electron chi connectivity index (χ2n) is 6.52. The molecule has 0 bridgehead atoms. The Balaban J connectivity index is 1.90. The Hall–Kier alpha value is -2.60. The molecule has 3 aromatic carbocycles. The minimum absolute atomic E-state index is 1.16. The van der Waals surface area contributed by atoms with Crippen molar-refractivity contribution < 1.29 is 0 Å². The number of rotatable bonds is 1. The van der Waals surface area contributed by atoms with Crippen LogP contribution in [0.15, 0.2) is 66.7 Å². The summed E-state index contributed by atoms with van der Waals surface area (Å²) in [5.74, 6) is 0. The van der Waals surface area contributed by atoms with Crippen molar-refractivity contribution in [3.63, 3.8) is 0 Å². The molecule has 0 radical (unpaired) electrons. The highest BCUT2D eigenvalue weighted by atomic mass is 14.3. The van der Waals surface area contributed by atoms with Crippen LogP contribution in [0, 0.1) is 6.92 Å². The van der Waals surface area contributed by atoms with Crippen LogP contribution < -0.4 is 0 Å². The van der Waals surface area contributed by atoms with Gasteiger partial charge in [-0.05, 0) is 69.5 Å². The lowest BCUT2D eigenvalue weighted by atomic mass is 9.92. The fraction of sp³-hybridized carbons (Fsp3) is 0.130. The first kappa shape index (κ1) is 12.9. The monoisotopic (exact) mass is 294 g/mol. The number of aryl methyl sites for hydroxylation is 1. The smallest absolute Gasteiger partial charge is 0.00204 e. The Morgan fingerprint density at radius 3 is 2.04 bits per heavy atom. The summed E-state index contributed by atoms with van der Waals surface area (Å²) in [4.78, 5) is 0. The summed E-state index contributed by atoms with van der Waals surface area (Å²) in [5, 5.41) is 2.82. The molecule has 0 atom stereocenters. The predicted molar refractivity (Wildman–Crippen MR) is 99.3 cm³/mol. The summed E-state index contributed by atoms with van der Waals surface area (Å²) in [6.45, 7) is 2.20. The summed E-state index contributed by atoms with van der Waals surface area (Å²) in [5.41, 5.74) is 9.75. The maximum atomic E-state index is 2.41. The standard InChI is InChI=1S/C23H18/c1-15-7-2-3-8-16(15)19-13-14-22-18-10-5-4-9-17(18)20-11-6-12-21(19)23(20)22/h2-3,6-14H,4-5H2,1H3. The highest BCUT2D eigenvalue weighted by molar-refractivity contribution is 6.24. The average Bonchev–Trinajstić information content (AvgIpc) is 2.93. The maximum absolute atomic E-state index is 2.41. The fourth-order valence-electron chi connectivity index (χ4n) is 4.15. The van der Waals surface area contributed by atoms with E-state index in [1.54, 1.807) is 0 Å². The molecule has 110 valence electrons. The van der Waals surface area contributed by atoms with E-state index in [4.69, 9.17) is 0 Å². The highest BCUT2D eigenvalue weighted by Gasteiger charge is 2.26. The van der Waals surface area contributed by atoms with E-state index in [1.165, 1.54) is 49.7 Å². The van der Waals surface area contributed by atoms with Gasteiger partial charge in [0.05, 0.1) is 0 Å². The van der Waals surface area contributed by atoms with Gasteiger partial charge in [0.2, 0.25) is 0 Å². The Bertz CT molecular complexity index is 989. The summed E-state index contributed by atoms with van der Waals surface area (Å²) in [6.07, 6.45) is 7.15. The predicted octanol–water partition coefficient (Wildman–Crippen LogP) is 6.39. The van der Waals surface area contributed by atoms with Gasteiger partial charge in [-0.25, -0.2) is 0 Å². The van der Waals surface area contributed by atoms with Crippen molar-refractivity contribution in [2.45, 2.75) is 19.8 Å². The first-order valence-corrected chi connectivity index (χ1v) is 8.38. The number of hydrogen-bond acceptors (Lipinski definition) is 0. The molecule has 0 saturated heterocycles. The van der Waals surface area contributed by atoms with Crippen LogP contribution in [0.1, 0.15) is 29.5 Å². The molecular formula is C23H18. The van der Waals surface area contributed by atoms with Gasteiger partial charge in [0.15, 0.2) is 0 Å². The molecule has 0 nitrogen and oxygen atoms in total. The van der Waals surface area contributed by atoms with E-state index in [0.717, 1.165) is 12.8 Å². The van der Waals surface area contributed by atoms with Crippen LogP contribution in [0.25, 0.3) is 33.0 Å². The summed E-state index contributed by atoms with van der Waals surface area (Å²) >= 11 is 0. The number of hydrogen-bond donors (Lipinski definition) is 0. The van der Waals surface area contributed by atoms with E-state index in [1.807, 2.05) is 0 Å². The van der Waals surface area contributed by atoms with Gasteiger partial charge in [-0.2, -0.15) is 0 Å². The van der Waals surface area contributed by atoms with Crippen molar-refractivity contribution in [2.75, 3.05) is 0 Å². The van der Waals surface area contributed by atoms with Crippen molar-refractivity contribution in [1.82, 2.24) is 0 Å². The lowest BCUT2D eigenvalue weighted by molar-refractivity contribution is 1.05. The summed E-state index contributed by atoms with van der Waals surface area (Å²) in [6, 6.07) is 20.1.